The Hall–Kier alpha value is -2.64. The van der Waals surface area contributed by atoms with E-state index in [9.17, 15) is 14.0 Å². The van der Waals surface area contributed by atoms with Crippen LogP contribution in [0.3, 0.4) is 0 Å². The van der Waals surface area contributed by atoms with Gasteiger partial charge in [-0.1, -0.05) is 35.3 Å². The van der Waals surface area contributed by atoms with Crippen LogP contribution >= 0.6 is 23.2 Å². The molecule has 1 aliphatic carbocycles. The lowest BCUT2D eigenvalue weighted by Crippen LogP contribution is -2.48. The van der Waals surface area contributed by atoms with Crippen molar-refractivity contribution < 1.29 is 14.0 Å². The number of hydrogen-bond acceptors (Lipinski definition) is 3. The Balaban J connectivity index is 1.30. The highest BCUT2D eigenvalue weighted by Crippen LogP contribution is 2.48. The van der Waals surface area contributed by atoms with E-state index >= 15 is 0 Å². The molecule has 3 aromatic rings. The topological polar surface area (TPSA) is 67.2 Å². The van der Waals surface area contributed by atoms with Crippen molar-refractivity contribution in [3.05, 3.63) is 64.3 Å². The van der Waals surface area contributed by atoms with Gasteiger partial charge in [-0.25, -0.2) is 9.37 Å². The summed E-state index contributed by atoms with van der Waals surface area (Å²) in [7, 11) is 0. The van der Waals surface area contributed by atoms with Gasteiger partial charge in [0.15, 0.2) is 0 Å². The molecule has 1 saturated heterocycles. The fraction of sp³-hybridized carbons (Fsp3) is 0.318. The molecule has 3 heterocycles. The molecule has 1 aliphatic heterocycles. The number of halogens is 3. The number of nitrogens with zero attached hydrogens (tertiary/aromatic N) is 3. The highest BCUT2D eigenvalue weighted by Gasteiger charge is 2.55. The van der Waals surface area contributed by atoms with Crippen molar-refractivity contribution >= 4 is 45.9 Å². The van der Waals surface area contributed by atoms with Gasteiger partial charge in [0.05, 0.1) is 10.5 Å². The van der Waals surface area contributed by atoms with E-state index < -0.39 is 11.9 Å². The molecule has 2 amide bonds. The summed E-state index contributed by atoms with van der Waals surface area (Å²) in [4.78, 5) is 31.8. The van der Waals surface area contributed by atoms with Gasteiger partial charge in [-0.2, -0.15) is 0 Å². The zero-order valence-corrected chi connectivity index (χ0v) is 17.9. The van der Waals surface area contributed by atoms with Crippen LogP contribution in [0.25, 0.3) is 10.9 Å². The minimum absolute atomic E-state index is 0.0138. The van der Waals surface area contributed by atoms with Crippen LogP contribution in [0.4, 0.5) is 4.39 Å². The van der Waals surface area contributed by atoms with E-state index in [1.165, 1.54) is 6.07 Å². The largest absolute Gasteiger partial charge is 0.350 e. The lowest BCUT2D eigenvalue weighted by Gasteiger charge is -2.27. The first-order chi connectivity index (χ1) is 14.9. The Morgan fingerprint density at radius 2 is 2.03 bits per heavy atom. The van der Waals surface area contributed by atoms with Crippen LogP contribution < -0.4 is 5.32 Å². The summed E-state index contributed by atoms with van der Waals surface area (Å²) in [5.74, 6) is -0.587. The normalized spacial score (nSPS) is 21.9. The van der Waals surface area contributed by atoms with Gasteiger partial charge in [0.1, 0.15) is 23.6 Å². The second kappa shape index (κ2) is 7.80. The maximum absolute atomic E-state index is 14.1. The first-order valence-electron chi connectivity index (χ1n) is 10.0. The number of nitrogens with one attached hydrogen (secondary N) is 1. The number of rotatable bonds is 5. The molecule has 2 aromatic heterocycles. The molecule has 160 valence electrons. The highest BCUT2D eigenvalue weighted by molar-refractivity contribution is 6.34. The molecule has 1 saturated carbocycles. The molecular weight excluding hydrogens is 442 g/mol. The molecule has 1 unspecified atom stereocenters. The van der Waals surface area contributed by atoms with Gasteiger partial charge in [0, 0.05) is 35.9 Å². The second-order valence-electron chi connectivity index (χ2n) is 8.02. The number of amides is 2. The van der Waals surface area contributed by atoms with Crippen molar-refractivity contribution in [3.8, 4) is 0 Å². The van der Waals surface area contributed by atoms with Crippen LogP contribution in [0.2, 0.25) is 10.2 Å². The van der Waals surface area contributed by atoms with Crippen molar-refractivity contribution in [2.24, 2.45) is 5.92 Å². The average Bonchev–Trinajstić information content (AvgIpc) is 3.21. The summed E-state index contributed by atoms with van der Waals surface area (Å²) in [6.45, 7) is 0.132. The van der Waals surface area contributed by atoms with E-state index in [2.05, 4.69) is 10.3 Å². The van der Waals surface area contributed by atoms with Gasteiger partial charge in [-0.05, 0) is 37.0 Å². The predicted molar refractivity (Wildman–Crippen MR) is 115 cm³/mol. The lowest BCUT2D eigenvalue weighted by molar-refractivity contribution is -0.140. The molecule has 0 spiro atoms. The predicted octanol–water partition coefficient (Wildman–Crippen LogP) is 3.79. The number of carbonyl (C=O) groups is 2. The third-order valence-corrected chi connectivity index (χ3v) is 6.73. The maximum Gasteiger partial charge on any atom is 0.243 e. The molecule has 0 radical (unpaired) electrons. The SMILES string of the molecule is O=C(NCc1cccc(Cl)c1F)C1C[C@H]2C[C@H]2N1C(=O)Cn1ccc2c(Cl)nccc21. The summed E-state index contributed by atoms with van der Waals surface area (Å²) < 4.78 is 15.9. The minimum Gasteiger partial charge on any atom is -0.350 e. The molecule has 0 bridgehead atoms. The number of carbonyl (C=O) groups excluding carboxylic acids is 2. The van der Waals surface area contributed by atoms with Crippen molar-refractivity contribution in [3.63, 3.8) is 0 Å². The molecular formula is C22H19Cl2FN4O2. The molecule has 2 aliphatic rings. The first kappa shape index (κ1) is 20.3. The quantitative estimate of drug-likeness (QED) is 0.589. The molecule has 1 aromatic carbocycles. The summed E-state index contributed by atoms with van der Waals surface area (Å²) in [5, 5.41) is 3.95. The van der Waals surface area contributed by atoms with E-state index in [-0.39, 0.29) is 36.0 Å². The van der Waals surface area contributed by atoms with E-state index in [1.807, 2.05) is 16.7 Å². The summed E-state index contributed by atoms with van der Waals surface area (Å²) >= 11 is 11.9. The Bertz CT molecular complexity index is 1200. The third kappa shape index (κ3) is 3.66. The van der Waals surface area contributed by atoms with Crippen LogP contribution in [-0.4, -0.2) is 38.3 Å². The Labute approximate surface area is 187 Å². The zero-order valence-electron chi connectivity index (χ0n) is 16.4. The monoisotopic (exact) mass is 460 g/mol. The standard InChI is InChI=1S/C22H19Cl2FN4O2/c23-15-3-1-2-12(20(15)25)10-27-22(31)18-9-13-8-17(13)29(18)19(30)11-28-7-5-14-16(28)4-6-26-21(14)24/h1-7,13,17-18H,8-11H2,(H,27,31)/t13-,17-,18?/m1/s1. The number of likely N-dealkylation sites (tertiary alicyclic amines) is 1. The lowest BCUT2D eigenvalue weighted by atomic mass is 10.1. The summed E-state index contributed by atoms with van der Waals surface area (Å²) in [6.07, 6.45) is 4.94. The molecule has 3 atom stereocenters. The second-order valence-corrected chi connectivity index (χ2v) is 8.79. The van der Waals surface area contributed by atoms with Crippen molar-refractivity contribution in [2.45, 2.75) is 38.0 Å². The summed E-state index contributed by atoms with van der Waals surface area (Å²) in [5.41, 5.74) is 1.13. The van der Waals surface area contributed by atoms with E-state index in [4.69, 9.17) is 23.2 Å². The molecule has 1 N–H and O–H groups in total. The van der Waals surface area contributed by atoms with E-state index in [0.29, 0.717) is 23.1 Å². The fourth-order valence-corrected chi connectivity index (χ4v) is 4.90. The fourth-order valence-electron chi connectivity index (χ4n) is 4.49. The highest BCUT2D eigenvalue weighted by atomic mass is 35.5. The van der Waals surface area contributed by atoms with Gasteiger partial charge < -0.3 is 14.8 Å². The first-order valence-corrected chi connectivity index (χ1v) is 10.8. The van der Waals surface area contributed by atoms with E-state index in [0.717, 1.165) is 17.3 Å². The van der Waals surface area contributed by atoms with Gasteiger partial charge in [0.25, 0.3) is 0 Å². The molecule has 9 heteroatoms. The number of fused-ring (bicyclic) bond motifs is 2. The Morgan fingerprint density at radius 3 is 2.87 bits per heavy atom. The molecule has 5 rings (SSSR count). The van der Waals surface area contributed by atoms with Crippen molar-refractivity contribution in [2.75, 3.05) is 0 Å². The van der Waals surface area contributed by atoms with Crippen LogP contribution in [0.15, 0.2) is 42.7 Å². The van der Waals surface area contributed by atoms with E-state index in [1.54, 1.807) is 29.4 Å². The Morgan fingerprint density at radius 1 is 1.19 bits per heavy atom. The van der Waals surface area contributed by atoms with Crippen molar-refractivity contribution in [1.29, 1.82) is 0 Å². The number of pyridine rings is 1. The van der Waals surface area contributed by atoms with Crippen LogP contribution in [0.5, 0.6) is 0 Å². The van der Waals surface area contributed by atoms with Crippen LogP contribution in [0, 0.1) is 11.7 Å². The average molecular weight is 461 g/mol. The number of hydrogen-bond donors (Lipinski definition) is 1. The molecule has 31 heavy (non-hydrogen) atoms. The van der Waals surface area contributed by atoms with Gasteiger partial charge in [0.2, 0.25) is 11.8 Å². The van der Waals surface area contributed by atoms with Gasteiger partial charge in [-0.3, -0.25) is 9.59 Å². The number of benzene rings is 1. The van der Waals surface area contributed by atoms with Gasteiger partial charge in [-0.15, -0.1) is 0 Å². The van der Waals surface area contributed by atoms with Crippen molar-refractivity contribution in [1.82, 2.24) is 19.8 Å². The third-order valence-electron chi connectivity index (χ3n) is 6.13. The number of aromatic nitrogens is 2. The smallest absolute Gasteiger partial charge is 0.243 e. The summed E-state index contributed by atoms with van der Waals surface area (Å²) in [6, 6.07) is 7.85. The van der Waals surface area contributed by atoms with Crippen LogP contribution in [0.1, 0.15) is 18.4 Å². The van der Waals surface area contributed by atoms with Crippen LogP contribution in [-0.2, 0) is 22.7 Å². The van der Waals surface area contributed by atoms with Gasteiger partial charge >= 0.3 is 0 Å². The minimum atomic E-state index is -0.550. The zero-order chi connectivity index (χ0) is 21.7. The molecule has 6 nitrogen and oxygen atoms in total. The number of piperidine rings is 1. The Kier molecular flexibility index (Phi) is 5.10. The molecule has 2 fully saturated rings. The maximum atomic E-state index is 14.1.